The zero-order valence-corrected chi connectivity index (χ0v) is 41.4. The molecular weight excluding hydrogens is 959 g/mol. The highest BCUT2D eigenvalue weighted by atomic mass is 19.2. The molecule has 6 heterocycles. The van der Waals surface area contributed by atoms with Crippen LogP contribution >= 0.6 is 0 Å². The third-order valence-corrected chi connectivity index (χ3v) is 16.1. The van der Waals surface area contributed by atoms with Crippen LogP contribution in [0.5, 0.6) is 0 Å². The molecule has 6 aromatic rings. The number of H-pyrrole nitrogens is 2. The number of piperidine rings is 4. The number of rotatable bonds is 12. The molecule has 4 aliphatic heterocycles. The molecule has 0 saturated carbocycles. The molecule has 392 valence electrons. The predicted molar refractivity (Wildman–Crippen MR) is 275 cm³/mol. The van der Waals surface area contributed by atoms with Crippen LogP contribution in [0.1, 0.15) is 85.5 Å². The van der Waals surface area contributed by atoms with Crippen LogP contribution in [0.3, 0.4) is 0 Å². The second kappa shape index (κ2) is 24.0. The average molecular weight is 1020 g/mol. The predicted octanol–water partition coefficient (Wildman–Crippen LogP) is 10.2. The van der Waals surface area contributed by atoms with E-state index >= 15 is 0 Å². The van der Waals surface area contributed by atoms with Gasteiger partial charge in [0, 0.05) is 84.6 Å². The lowest BCUT2D eigenvalue weighted by Crippen LogP contribution is -2.50. The van der Waals surface area contributed by atoms with E-state index in [1.54, 1.807) is 9.80 Å². The number of aliphatic hydroxyl groups excluding tert-OH is 2. The molecular formula is C58H64F6N6O4. The van der Waals surface area contributed by atoms with Crippen molar-refractivity contribution >= 4 is 45.8 Å². The number of halogens is 6. The number of aromatic nitrogens is 2. The minimum atomic E-state index is -1.52. The number of likely N-dealkylation sites (tertiary alicyclic amines) is 4. The average Bonchev–Trinajstić information content (AvgIpc) is 4.07. The largest absolute Gasteiger partial charge is 0.395 e. The zero-order valence-electron chi connectivity index (χ0n) is 41.4. The Bertz CT molecular complexity index is 2700. The molecule has 2 aromatic heterocycles. The molecule has 4 saturated heterocycles. The zero-order chi connectivity index (χ0) is 51.9. The summed E-state index contributed by atoms with van der Waals surface area (Å²) in [5.74, 6) is -7.08. The first-order valence-electron chi connectivity index (χ1n) is 25.9. The van der Waals surface area contributed by atoms with E-state index in [2.05, 4.69) is 68.6 Å². The van der Waals surface area contributed by atoms with Gasteiger partial charge in [-0.05, 0) is 172 Å². The number of hydrogen-bond acceptors (Lipinski definition) is 6. The van der Waals surface area contributed by atoms with Gasteiger partial charge in [-0.2, -0.15) is 0 Å². The quantitative estimate of drug-likeness (QED) is 0.0551. The van der Waals surface area contributed by atoms with Gasteiger partial charge in [0.1, 0.15) is 0 Å². The molecule has 2 atom stereocenters. The van der Waals surface area contributed by atoms with E-state index in [-0.39, 0.29) is 48.2 Å². The SMILES string of the molecule is O=C(/C=C/c1cc(F)c(F)c(F)c1)N1CCC([C@@H](CO)N2CCC(c3c[nH]c4ccccc34)CC2)CC1.O=C(/C=C/c1cc(F)c(F)c(F)c1)N1CCC([C@H](CO)N2CCC(c3c[nH]c4ccccc34)CC2)CC1. The molecule has 10 nitrogen and oxygen atoms in total. The fraction of sp³-hybridized carbons (Fsp3) is 0.414. The van der Waals surface area contributed by atoms with Gasteiger partial charge in [-0.1, -0.05) is 36.4 Å². The fourth-order valence-electron chi connectivity index (χ4n) is 12.0. The maximum absolute atomic E-state index is 13.4. The molecule has 4 fully saturated rings. The van der Waals surface area contributed by atoms with Gasteiger partial charge in [0.15, 0.2) is 34.9 Å². The Labute approximate surface area is 427 Å². The molecule has 0 bridgehead atoms. The number of aromatic amines is 2. The fourth-order valence-corrected chi connectivity index (χ4v) is 12.0. The third kappa shape index (κ3) is 12.0. The van der Waals surface area contributed by atoms with Crippen molar-refractivity contribution in [2.75, 3.05) is 65.6 Å². The van der Waals surface area contributed by atoms with E-state index in [1.807, 2.05) is 12.1 Å². The molecule has 0 spiro atoms. The first-order valence-corrected chi connectivity index (χ1v) is 25.9. The Balaban J connectivity index is 0.000000182. The highest BCUT2D eigenvalue weighted by Crippen LogP contribution is 2.37. The van der Waals surface area contributed by atoms with Crippen molar-refractivity contribution in [3.05, 3.63) is 154 Å². The summed E-state index contributed by atoms with van der Waals surface area (Å²) in [5, 5.41) is 23.1. The summed E-state index contributed by atoms with van der Waals surface area (Å²) < 4.78 is 79.9. The van der Waals surface area contributed by atoms with Gasteiger partial charge in [0.05, 0.1) is 13.2 Å². The van der Waals surface area contributed by atoms with E-state index in [1.165, 1.54) is 57.2 Å². The molecule has 16 heteroatoms. The molecule has 0 radical (unpaired) electrons. The Morgan fingerprint density at radius 3 is 1.19 bits per heavy atom. The van der Waals surface area contributed by atoms with Crippen LogP contribution in [-0.2, 0) is 9.59 Å². The van der Waals surface area contributed by atoms with E-state index in [4.69, 9.17) is 0 Å². The second-order valence-electron chi connectivity index (χ2n) is 20.3. The molecule has 4 aromatic carbocycles. The van der Waals surface area contributed by atoms with Crippen LogP contribution in [0.4, 0.5) is 26.3 Å². The standard InChI is InChI=1S/2C29H32F3N3O2/c2*30-24-15-19(16-25(31)29(24)32)5-6-28(37)35-13-9-21(10-14-35)27(18-36)34-11-7-20(8-12-34)23-17-33-26-4-2-1-3-22(23)26/h2*1-6,15-17,20-21,27,33,36H,7-14,18H2/b2*6-5+/t2*27-/m10/s1. The monoisotopic (exact) mass is 1020 g/mol. The number of fused-ring (bicyclic) bond motifs is 2. The van der Waals surface area contributed by atoms with E-state index in [0.717, 1.165) is 102 Å². The van der Waals surface area contributed by atoms with Crippen molar-refractivity contribution in [3.63, 3.8) is 0 Å². The van der Waals surface area contributed by atoms with Crippen LogP contribution in [-0.4, -0.2) is 129 Å². The van der Waals surface area contributed by atoms with Crippen molar-refractivity contribution in [2.45, 2.75) is 75.3 Å². The number of benzene rings is 4. The number of nitrogens with zero attached hydrogens (tertiary/aromatic N) is 4. The topological polar surface area (TPSA) is 119 Å². The summed E-state index contributed by atoms with van der Waals surface area (Å²) in [6.45, 7) is 6.15. The minimum absolute atomic E-state index is 0.0712. The Morgan fingerprint density at radius 1 is 0.514 bits per heavy atom. The lowest BCUT2D eigenvalue weighted by Gasteiger charge is -2.43. The smallest absolute Gasteiger partial charge is 0.246 e. The summed E-state index contributed by atoms with van der Waals surface area (Å²) in [6, 6.07) is 20.4. The van der Waals surface area contributed by atoms with Crippen LogP contribution in [0.15, 0.2) is 97.3 Å². The molecule has 74 heavy (non-hydrogen) atoms. The van der Waals surface area contributed by atoms with Crippen LogP contribution in [0.2, 0.25) is 0 Å². The van der Waals surface area contributed by atoms with Gasteiger partial charge in [0.25, 0.3) is 0 Å². The lowest BCUT2D eigenvalue weighted by molar-refractivity contribution is -0.128. The maximum atomic E-state index is 13.4. The molecule has 4 aliphatic rings. The van der Waals surface area contributed by atoms with Crippen molar-refractivity contribution in [1.82, 2.24) is 29.6 Å². The van der Waals surface area contributed by atoms with Crippen molar-refractivity contribution in [3.8, 4) is 0 Å². The van der Waals surface area contributed by atoms with Crippen LogP contribution in [0, 0.1) is 46.7 Å². The summed E-state index contributed by atoms with van der Waals surface area (Å²) in [5.41, 5.74) is 5.28. The maximum Gasteiger partial charge on any atom is 0.246 e. The number of para-hydroxylation sites is 2. The van der Waals surface area contributed by atoms with Gasteiger partial charge >= 0.3 is 0 Å². The minimum Gasteiger partial charge on any atom is -0.395 e. The second-order valence-corrected chi connectivity index (χ2v) is 20.3. The normalized spacial score (nSPS) is 19.2. The van der Waals surface area contributed by atoms with Gasteiger partial charge in [0.2, 0.25) is 11.8 Å². The third-order valence-electron chi connectivity index (χ3n) is 16.1. The van der Waals surface area contributed by atoms with Gasteiger partial charge in [-0.15, -0.1) is 0 Å². The first kappa shape index (κ1) is 52.7. The molecule has 4 N–H and O–H groups in total. The lowest BCUT2D eigenvalue weighted by atomic mass is 9.84. The highest BCUT2D eigenvalue weighted by molar-refractivity contribution is 5.92. The summed E-state index contributed by atoms with van der Waals surface area (Å²) in [4.78, 5) is 40.2. The van der Waals surface area contributed by atoms with Crippen LogP contribution < -0.4 is 0 Å². The van der Waals surface area contributed by atoms with Gasteiger partial charge < -0.3 is 30.0 Å². The van der Waals surface area contributed by atoms with Crippen LogP contribution in [0.25, 0.3) is 34.0 Å². The molecule has 10 rings (SSSR count). The molecule has 2 amide bonds. The number of hydrogen-bond donors (Lipinski definition) is 4. The Morgan fingerprint density at radius 2 is 0.851 bits per heavy atom. The van der Waals surface area contributed by atoms with Crippen molar-refractivity contribution in [1.29, 1.82) is 0 Å². The summed E-state index contributed by atoms with van der Waals surface area (Å²) >= 11 is 0. The number of amides is 2. The Kier molecular flexibility index (Phi) is 17.1. The Hall–Kier alpha value is -6.20. The number of aliphatic hydroxyl groups is 2. The van der Waals surface area contributed by atoms with E-state index in [9.17, 15) is 46.1 Å². The molecule has 0 aliphatic carbocycles. The summed E-state index contributed by atoms with van der Waals surface area (Å²) in [6.07, 6.45) is 16.7. The first-order chi connectivity index (χ1) is 35.9. The van der Waals surface area contributed by atoms with Crippen molar-refractivity contribution in [2.24, 2.45) is 11.8 Å². The van der Waals surface area contributed by atoms with Gasteiger partial charge in [-0.25, -0.2) is 26.3 Å². The number of carbonyl (C=O) groups is 2. The van der Waals surface area contributed by atoms with Crippen molar-refractivity contribution < 1.29 is 46.1 Å². The van der Waals surface area contributed by atoms with E-state index < -0.39 is 34.9 Å². The van der Waals surface area contributed by atoms with Gasteiger partial charge in [-0.3, -0.25) is 19.4 Å². The molecule has 0 unspecified atom stereocenters. The van der Waals surface area contributed by atoms with E-state index in [0.29, 0.717) is 49.9 Å². The summed E-state index contributed by atoms with van der Waals surface area (Å²) in [7, 11) is 0. The number of nitrogens with one attached hydrogen (secondary N) is 2. The highest BCUT2D eigenvalue weighted by Gasteiger charge is 2.36. The number of carbonyl (C=O) groups excluding carboxylic acids is 2.